The van der Waals surface area contributed by atoms with Gasteiger partial charge < -0.3 is 5.32 Å². The molecule has 0 aromatic heterocycles. The topological polar surface area (TPSA) is 92.3 Å². The molecule has 0 bridgehead atoms. The summed E-state index contributed by atoms with van der Waals surface area (Å²) in [4.78, 5) is 23.4. The minimum absolute atomic E-state index is 0.00235. The number of ketones is 1. The second-order valence-electron chi connectivity index (χ2n) is 5.46. The van der Waals surface area contributed by atoms with Gasteiger partial charge in [0.15, 0.2) is 5.78 Å². The number of hydrogen-bond acceptors (Lipinski definition) is 4. The number of carbonyl (C=O) groups excluding carboxylic acids is 2. The quantitative estimate of drug-likeness (QED) is 0.832. The lowest BCUT2D eigenvalue weighted by Crippen LogP contribution is -2.34. The first-order chi connectivity index (χ1) is 11.2. The fourth-order valence-electron chi connectivity index (χ4n) is 2.02. The van der Waals surface area contributed by atoms with Crippen LogP contribution >= 0.6 is 0 Å². The van der Waals surface area contributed by atoms with Gasteiger partial charge >= 0.3 is 6.03 Å². The van der Waals surface area contributed by atoms with Crippen molar-refractivity contribution in [1.29, 1.82) is 0 Å². The Morgan fingerprint density at radius 2 is 1.58 bits per heavy atom. The molecule has 2 amide bonds. The predicted molar refractivity (Wildman–Crippen MR) is 91.7 cm³/mol. The molecule has 0 radical (unpaired) electrons. The molecular weight excluding hydrogens is 328 g/mol. The van der Waals surface area contributed by atoms with Gasteiger partial charge in [-0.15, -0.1) is 0 Å². The molecule has 0 atom stereocenters. The van der Waals surface area contributed by atoms with Gasteiger partial charge in [0.05, 0.1) is 4.90 Å². The molecule has 7 heteroatoms. The summed E-state index contributed by atoms with van der Waals surface area (Å²) in [5.74, 6) is -0.147. The maximum absolute atomic E-state index is 12.2. The molecule has 0 unspecified atom stereocenters. The lowest BCUT2D eigenvalue weighted by atomic mass is 10.1. The van der Waals surface area contributed by atoms with E-state index in [4.69, 9.17) is 0 Å². The van der Waals surface area contributed by atoms with E-state index in [0.717, 1.165) is 5.56 Å². The van der Waals surface area contributed by atoms with E-state index in [1.165, 1.54) is 25.1 Å². The fraction of sp³-hybridized carbons (Fsp3) is 0.176. The molecule has 24 heavy (non-hydrogen) atoms. The van der Waals surface area contributed by atoms with E-state index in [1.54, 1.807) is 31.2 Å². The van der Waals surface area contributed by atoms with Gasteiger partial charge in [-0.3, -0.25) is 4.79 Å². The van der Waals surface area contributed by atoms with Crippen molar-refractivity contribution in [3.63, 3.8) is 0 Å². The largest absolute Gasteiger partial charge is 0.333 e. The SMILES string of the molecule is CC(=O)c1ccc(C)c(NC(=O)NS(=O)(=O)c2ccc(C)cc2)c1. The Morgan fingerprint density at radius 3 is 2.17 bits per heavy atom. The normalized spacial score (nSPS) is 11.0. The van der Waals surface area contributed by atoms with Crippen LogP contribution in [-0.4, -0.2) is 20.2 Å². The summed E-state index contributed by atoms with van der Waals surface area (Å²) in [6.07, 6.45) is 0. The second-order valence-corrected chi connectivity index (χ2v) is 7.14. The zero-order chi connectivity index (χ0) is 17.9. The number of amides is 2. The van der Waals surface area contributed by atoms with Crippen LogP contribution in [0.15, 0.2) is 47.4 Å². The second kappa shape index (κ2) is 6.84. The number of sulfonamides is 1. The molecular formula is C17H18N2O4S. The molecule has 0 saturated carbocycles. The third kappa shape index (κ3) is 4.20. The van der Waals surface area contributed by atoms with Gasteiger partial charge in [0.1, 0.15) is 0 Å². The number of aryl methyl sites for hydroxylation is 2. The van der Waals surface area contributed by atoms with Crippen LogP contribution in [0.3, 0.4) is 0 Å². The molecule has 0 saturated heterocycles. The van der Waals surface area contributed by atoms with Gasteiger partial charge in [-0.1, -0.05) is 29.8 Å². The molecule has 0 spiro atoms. The Bertz CT molecular complexity index is 887. The van der Waals surface area contributed by atoms with Crippen LogP contribution in [-0.2, 0) is 10.0 Å². The Kier molecular flexibility index (Phi) is 5.04. The fourth-order valence-corrected chi connectivity index (χ4v) is 2.93. The summed E-state index contributed by atoms with van der Waals surface area (Å²) in [6.45, 7) is 4.99. The van der Waals surface area contributed by atoms with Crippen molar-refractivity contribution in [1.82, 2.24) is 4.72 Å². The van der Waals surface area contributed by atoms with Crippen molar-refractivity contribution in [3.05, 3.63) is 59.2 Å². The maximum Gasteiger partial charge on any atom is 0.333 e. The standard InChI is InChI=1S/C17H18N2O4S/c1-11-4-8-15(9-5-11)24(22,23)19-17(21)18-16-10-14(13(3)20)7-6-12(16)2/h4-10H,1-3H3,(H2,18,19,21). The zero-order valence-corrected chi connectivity index (χ0v) is 14.4. The van der Waals surface area contributed by atoms with Crippen molar-refractivity contribution < 1.29 is 18.0 Å². The van der Waals surface area contributed by atoms with Crippen molar-refractivity contribution in [2.75, 3.05) is 5.32 Å². The number of urea groups is 1. The zero-order valence-electron chi connectivity index (χ0n) is 13.6. The smallest absolute Gasteiger partial charge is 0.307 e. The van der Waals surface area contributed by atoms with Crippen LogP contribution in [0.4, 0.5) is 10.5 Å². The average molecular weight is 346 g/mol. The van der Waals surface area contributed by atoms with Crippen molar-refractivity contribution in [3.8, 4) is 0 Å². The number of anilines is 1. The lowest BCUT2D eigenvalue weighted by molar-refractivity contribution is 0.101. The average Bonchev–Trinajstić information content (AvgIpc) is 2.49. The highest BCUT2D eigenvalue weighted by Gasteiger charge is 2.18. The molecule has 0 aliphatic heterocycles. The van der Waals surface area contributed by atoms with Gasteiger partial charge in [0.25, 0.3) is 10.0 Å². The molecule has 2 rings (SSSR count). The summed E-state index contributed by atoms with van der Waals surface area (Å²) in [5.41, 5.74) is 2.43. The minimum Gasteiger partial charge on any atom is -0.307 e. The summed E-state index contributed by atoms with van der Waals surface area (Å²) < 4.78 is 26.3. The van der Waals surface area contributed by atoms with Crippen LogP contribution in [0.25, 0.3) is 0 Å². The molecule has 2 aromatic carbocycles. The van der Waals surface area contributed by atoms with Crippen LogP contribution in [0.2, 0.25) is 0 Å². The Hall–Kier alpha value is -2.67. The van der Waals surface area contributed by atoms with E-state index in [9.17, 15) is 18.0 Å². The number of carbonyl (C=O) groups is 2. The first-order valence-electron chi connectivity index (χ1n) is 7.21. The minimum atomic E-state index is -3.96. The molecule has 6 nitrogen and oxygen atoms in total. The third-order valence-corrected chi connectivity index (χ3v) is 4.80. The van der Waals surface area contributed by atoms with Crippen molar-refractivity contribution in [2.24, 2.45) is 0 Å². The highest BCUT2D eigenvalue weighted by atomic mass is 32.2. The summed E-state index contributed by atoms with van der Waals surface area (Å²) >= 11 is 0. The molecule has 0 aliphatic carbocycles. The molecule has 0 heterocycles. The first kappa shape index (κ1) is 17.7. The summed E-state index contributed by atoms with van der Waals surface area (Å²) in [5, 5.41) is 2.46. The number of hydrogen-bond donors (Lipinski definition) is 2. The molecule has 0 aliphatic rings. The van der Waals surface area contributed by atoms with Gasteiger partial charge in [0.2, 0.25) is 0 Å². The van der Waals surface area contributed by atoms with E-state index < -0.39 is 16.1 Å². The van der Waals surface area contributed by atoms with Crippen molar-refractivity contribution >= 4 is 27.5 Å². The number of nitrogens with one attached hydrogen (secondary N) is 2. The van der Waals surface area contributed by atoms with Crippen LogP contribution in [0.1, 0.15) is 28.4 Å². The van der Waals surface area contributed by atoms with E-state index in [0.29, 0.717) is 16.8 Å². The van der Waals surface area contributed by atoms with Crippen LogP contribution in [0, 0.1) is 13.8 Å². The van der Waals surface area contributed by atoms with E-state index in [2.05, 4.69) is 5.32 Å². The maximum atomic E-state index is 12.2. The van der Waals surface area contributed by atoms with E-state index >= 15 is 0 Å². The van der Waals surface area contributed by atoms with E-state index in [1.807, 2.05) is 11.6 Å². The Labute approximate surface area is 140 Å². The molecule has 2 N–H and O–H groups in total. The van der Waals surface area contributed by atoms with E-state index in [-0.39, 0.29) is 10.7 Å². The Morgan fingerprint density at radius 1 is 0.958 bits per heavy atom. The lowest BCUT2D eigenvalue weighted by Gasteiger charge is -2.11. The van der Waals surface area contributed by atoms with Crippen molar-refractivity contribution in [2.45, 2.75) is 25.7 Å². The van der Waals surface area contributed by atoms with Crippen LogP contribution in [0.5, 0.6) is 0 Å². The number of rotatable bonds is 4. The molecule has 0 fully saturated rings. The highest BCUT2D eigenvalue weighted by molar-refractivity contribution is 7.90. The first-order valence-corrected chi connectivity index (χ1v) is 8.69. The molecule has 2 aromatic rings. The number of benzene rings is 2. The third-order valence-electron chi connectivity index (χ3n) is 3.45. The predicted octanol–water partition coefficient (Wildman–Crippen LogP) is 3.02. The number of Topliss-reactive ketones (excluding diaryl/α,β-unsaturated/α-hetero) is 1. The molecule has 126 valence electrons. The monoisotopic (exact) mass is 346 g/mol. The van der Waals surface area contributed by atoms with Gasteiger partial charge in [-0.05, 0) is 44.5 Å². The van der Waals surface area contributed by atoms with Gasteiger partial charge in [-0.2, -0.15) is 0 Å². The van der Waals surface area contributed by atoms with Gasteiger partial charge in [-0.25, -0.2) is 17.9 Å². The summed E-state index contributed by atoms with van der Waals surface area (Å²) in [7, 11) is -3.96. The van der Waals surface area contributed by atoms with Gasteiger partial charge in [0, 0.05) is 11.3 Å². The highest BCUT2D eigenvalue weighted by Crippen LogP contribution is 2.17. The van der Waals surface area contributed by atoms with Crippen LogP contribution < -0.4 is 10.0 Å². The Balaban J connectivity index is 2.17. The summed E-state index contributed by atoms with van der Waals surface area (Å²) in [6, 6.07) is 10.1.